The number of imide groups is 1. The number of amides is 2. The Hall–Kier alpha value is -1.27. The Labute approximate surface area is 154 Å². The molecular formula is C18H20BrNO3S. The van der Waals surface area contributed by atoms with Gasteiger partial charge in [-0.1, -0.05) is 32.3 Å². The number of nitrogens with one attached hydrogen (secondary N) is 1. The zero-order valence-electron chi connectivity index (χ0n) is 13.6. The van der Waals surface area contributed by atoms with Gasteiger partial charge in [-0.25, -0.2) is 0 Å². The zero-order valence-corrected chi connectivity index (χ0v) is 16.0. The van der Waals surface area contributed by atoms with Crippen molar-refractivity contribution in [1.82, 2.24) is 5.32 Å². The van der Waals surface area contributed by atoms with E-state index in [-0.39, 0.29) is 16.6 Å². The lowest BCUT2D eigenvalue weighted by molar-refractivity contribution is -0.115. The molecule has 1 heterocycles. The molecule has 0 radical (unpaired) electrons. The fourth-order valence-corrected chi connectivity index (χ4v) is 4.29. The highest BCUT2D eigenvalue weighted by Crippen LogP contribution is 2.37. The third kappa shape index (κ3) is 4.22. The molecule has 1 saturated heterocycles. The lowest BCUT2D eigenvalue weighted by atomic mass is 9.76. The van der Waals surface area contributed by atoms with Crippen LogP contribution in [0.15, 0.2) is 27.6 Å². The van der Waals surface area contributed by atoms with E-state index in [0.717, 1.165) is 34.2 Å². The SMILES string of the molecule is CC1(COc2ccc(/C=C3\SC(=O)NC3=O)cc2Br)CCCCC1. The quantitative estimate of drug-likeness (QED) is 0.700. The first-order valence-electron chi connectivity index (χ1n) is 8.12. The molecule has 4 nitrogen and oxygen atoms in total. The molecule has 1 N–H and O–H groups in total. The molecule has 3 rings (SSSR count). The van der Waals surface area contributed by atoms with Crippen LogP contribution >= 0.6 is 27.7 Å². The monoisotopic (exact) mass is 409 g/mol. The molecule has 1 aliphatic heterocycles. The summed E-state index contributed by atoms with van der Waals surface area (Å²) in [4.78, 5) is 23.2. The molecule has 0 unspecified atom stereocenters. The molecule has 1 saturated carbocycles. The Kier molecular flexibility index (Phi) is 5.35. The highest BCUT2D eigenvalue weighted by molar-refractivity contribution is 9.10. The van der Waals surface area contributed by atoms with Crippen molar-refractivity contribution in [1.29, 1.82) is 0 Å². The first kappa shape index (κ1) is 17.5. The molecule has 0 spiro atoms. The molecule has 2 amide bonds. The number of rotatable bonds is 4. The maximum absolute atomic E-state index is 11.6. The van der Waals surface area contributed by atoms with E-state index >= 15 is 0 Å². The number of carbonyl (C=O) groups excluding carboxylic acids is 2. The van der Waals surface area contributed by atoms with Gasteiger partial charge in [0.2, 0.25) is 0 Å². The predicted octanol–water partition coefficient (Wildman–Crippen LogP) is 5.12. The van der Waals surface area contributed by atoms with Crippen LogP contribution in [-0.2, 0) is 4.79 Å². The fourth-order valence-electron chi connectivity index (χ4n) is 3.10. The minimum Gasteiger partial charge on any atom is -0.492 e. The fraction of sp³-hybridized carbons (Fsp3) is 0.444. The average Bonchev–Trinajstić information content (AvgIpc) is 2.85. The zero-order chi connectivity index (χ0) is 17.2. The number of benzene rings is 1. The van der Waals surface area contributed by atoms with Gasteiger partial charge in [0.25, 0.3) is 11.1 Å². The number of halogens is 1. The largest absolute Gasteiger partial charge is 0.492 e. The Morgan fingerprint density at radius 2 is 2.04 bits per heavy atom. The number of carbonyl (C=O) groups is 2. The minimum atomic E-state index is -0.341. The van der Waals surface area contributed by atoms with Gasteiger partial charge in [0, 0.05) is 5.41 Å². The summed E-state index contributed by atoms with van der Waals surface area (Å²) in [5, 5.41) is 1.93. The van der Waals surface area contributed by atoms with E-state index in [9.17, 15) is 9.59 Å². The predicted molar refractivity (Wildman–Crippen MR) is 99.9 cm³/mol. The van der Waals surface area contributed by atoms with E-state index in [2.05, 4.69) is 28.2 Å². The molecular weight excluding hydrogens is 390 g/mol. The third-order valence-corrected chi connectivity index (χ3v) is 5.96. The minimum absolute atomic E-state index is 0.261. The van der Waals surface area contributed by atoms with Crippen molar-refractivity contribution in [2.75, 3.05) is 6.61 Å². The molecule has 1 aromatic carbocycles. The first-order valence-corrected chi connectivity index (χ1v) is 9.73. The molecule has 0 atom stereocenters. The van der Waals surface area contributed by atoms with Gasteiger partial charge in [-0.2, -0.15) is 0 Å². The van der Waals surface area contributed by atoms with Crippen molar-refractivity contribution in [3.8, 4) is 5.75 Å². The van der Waals surface area contributed by atoms with Crippen molar-refractivity contribution in [3.05, 3.63) is 33.1 Å². The summed E-state index contributed by atoms with van der Waals surface area (Å²) >= 11 is 4.46. The Balaban J connectivity index is 1.67. The Bertz CT molecular complexity index is 696. The molecule has 2 aliphatic rings. The summed E-state index contributed by atoms with van der Waals surface area (Å²) in [5.74, 6) is 0.468. The highest BCUT2D eigenvalue weighted by Gasteiger charge is 2.28. The summed E-state index contributed by atoms with van der Waals surface area (Å²) in [5.41, 5.74) is 1.11. The Morgan fingerprint density at radius 3 is 2.67 bits per heavy atom. The van der Waals surface area contributed by atoms with Crippen LogP contribution in [0, 0.1) is 5.41 Å². The van der Waals surface area contributed by atoms with Crippen LogP contribution in [0.2, 0.25) is 0 Å². The van der Waals surface area contributed by atoms with Crippen LogP contribution in [-0.4, -0.2) is 17.8 Å². The number of thioether (sulfide) groups is 1. The van der Waals surface area contributed by atoms with E-state index in [1.165, 1.54) is 32.1 Å². The van der Waals surface area contributed by atoms with E-state index in [1.54, 1.807) is 6.08 Å². The maximum atomic E-state index is 11.6. The lowest BCUT2D eigenvalue weighted by Crippen LogP contribution is -2.27. The standard InChI is InChI=1S/C18H20BrNO3S/c1-18(7-3-2-4-8-18)11-23-14-6-5-12(9-13(14)19)10-15-16(21)20-17(22)24-15/h5-6,9-10H,2-4,7-8,11H2,1H3,(H,20,21,22)/b15-10-. The van der Waals surface area contributed by atoms with Crippen molar-refractivity contribution in [2.45, 2.75) is 39.0 Å². The molecule has 2 fully saturated rings. The Morgan fingerprint density at radius 1 is 1.29 bits per heavy atom. The van der Waals surface area contributed by atoms with Crippen LogP contribution < -0.4 is 10.1 Å². The van der Waals surface area contributed by atoms with Crippen LogP contribution in [0.3, 0.4) is 0 Å². The summed E-state index contributed by atoms with van der Waals surface area (Å²) in [6, 6.07) is 5.71. The normalized spacial score (nSPS) is 21.8. The first-order chi connectivity index (χ1) is 11.5. The smallest absolute Gasteiger partial charge is 0.290 e. The second-order valence-electron chi connectivity index (χ2n) is 6.70. The third-order valence-electron chi connectivity index (χ3n) is 4.53. The van der Waals surface area contributed by atoms with Crippen LogP contribution in [0.1, 0.15) is 44.6 Å². The van der Waals surface area contributed by atoms with Gasteiger partial charge in [0.1, 0.15) is 5.75 Å². The van der Waals surface area contributed by atoms with Gasteiger partial charge in [0.15, 0.2) is 0 Å². The molecule has 1 aliphatic carbocycles. The molecule has 1 aromatic rings. The molecule has 6 heteroatoms. The summed E-state index contributed by atoms with van der Waals surface area (Å²) in [7, 11) is 0. The van der Waals surface area contributed by atoms with E-state index < -0.39 is 0 Å². The van der Waals surface area contributed by atoms with Gasteiger partial charge < -0.3 is 4.74 Å². The van der Waals surface area contributed by atoms with Crippen molar-refractivity contribution in [3.63, 3.8) is 0 Å². The van der Waals surface area contributed by atoms with Crippen LogP contribution in [0.25, 0.3) is 6.08 Å². The lowest BCUT2D eigenvalue weighted by Gasteiger charge is -2.33. The van der Waals surface area contributed by atoms with Gasteiger partial charge in [-0.05, 0) is 64.3 Å². The van der Waals surface area contributed by atoms with Crippen LogP contribution in [0.4, 0.5) is 4.79 Å². The molecule has 0 aromatic heterocycles. The average molecular weight is 410 g/mol. The number of hydrogen-bond acceptors (Lipinski definition) is 4. The second kappa shape index (κ2) is 7.31. The number of hydrogen-bond donors (Lipinski definition) is 1. The van der Waals surface area contributed by atoms with Crippen molar-refractivity contribution < 1.29 is 14.3 Å². The maximum Gasteiger partial charge on any atom is 0.290 e. The topological polar surface area (TPSA) is 55.4 Å². The second-order valence-corrected chi connectivity index (χ2v) is 8.57. The summed E-state index contributed by atoms with van der Waals surface area (Å²) < 4.78 is 6.89. The van der Waals surface area contributed by atoms with E-state index in [4.69, 9.17) is 4.74 Å². The van der Waals surface area contributed by atoms with Gasteiger partial charge in [-0.15, -0.1) is 0 Å². The molecule has 0 bridgehead atoms. The van der Waals surface area contributed by atoms with E-state index in [0.29, 0.717) is 4.91 Å². The molecule has 24 heavy (non-hydrogen) atoms. The van der Waals surface area contributed by atoms with Crippen molar-refractivity contribution >= 4 is 44.9 Å². The van der Waals surface area contributed by atoms with Crippen LogP contribution in [0.5, 0.6) is 5.75 Å². The van der Waals surface area contributed by atoms with Crippen molar-refractivity contribution in [2.24, 2.45) is 5.41 Å². The van der Waals surface area contributed by atoms with E-state index in [1.807, 2.05) is 18.2 Å². The number of ether oxygens (including phenoxy) is 1. The highest BCUT2D eigenvalue weighted by atomic mass is 79.9. The van der Waals surface area contributed by atoms with Gasteiger partial charge in [-0.3, -0.25) is 14.9 Å². The molecule has 128 valence electrons. The van der Waals surface area contributed by atoms with Gasteiger partial charge >= 0.3 is 0 Å². The van der Waals surface area contributed by atoms with Gasteiger partial charge in [0.05, 0.1) is 16.0 Å². The summed E-state index contributed by atoms with van der Waals surface area (Å²) in [6.45, 7) is 3.02. The summed E-state index contributed by atoms with van der Waals surface area (Å²) in [6.07, 6.45) is 8.04.